The molecule has 62 valence electrons. The summed E-state index contributed by atoms with van der Waals surface area (Å²) in [5.41, 5.74) is 12.4. The Kier molecular flexibility index (Phi) is 2.86. The van der Waals surface area contributed by atoms with E-state index in [1.165, 1.54) is 0 Å². The van der Waals surface area contributed by atoms with Crippen LogP contribution in [0.1, 0.15) is 6.92 Å². The molecule has 0 spiro atoms. The van der Waals surface area contributed by atoms with Crippen molar-refractivity contribution < 1.29 is 0 Å². The monoisotopic (exact) mass is 178 g/mol. The lowest BCUT2D eigenvalue weighted by Crippen LogP contribution is -1.85. The van der Waals surface area contributed by atoms with Crippen LogP contribution in [-0.2, 0) is 0 Å². The first-order chi connectivity index (χ1) is 5.74. The number of para-hydroxylation sites is 2. The van der Waals surface area contributed by atoms with E-state index in [0.717, 1.165) is 21.9 Å². The Morgan fingerprint density at radius 2 is 2.17 bits per heavy atom. The minimum absolute atomic E-state index is 0.672. The Labute approximate surface area is 75.7 Å². The summed E-state index contributed by atoms with van der Waals surface area (Å²) < 4.78 is 0. The Morgan fingerprint density at radius 3 is 2.75 bits per heavy atom. The molecular weight excluding hydrogens is 168 g/mol. The van der Waals surface area contributed by atoms with Gasteiger partial charge < -0.3 is 5.73 Å². The second-order valence-corrected chi connectivity index (χ2v) is 3.13. The molecule has 1 rings (SSSR count). The van der Waals surface area contributed by atoms with Gasteiger partial charge >= 0.3 is 0 Å². The van der Waals surface area contributed by atoms with E-state index >= 15 is 0 Å². The molecule has 0 heterocycles. The van der Waals surface area contributed by atoms with E-state index in [4.69, 9.17) is 11.4 Å². The van der Waals surface area contributed by atoms with Crippen molar-refractivity contribution in [2.75, 3.05) is 5.73 Å². The second kappa shape index (κ2) is 3.90. The molecule has 0 aromatic heterocycles. The molecule has 0 aliphatic carbocycles. The predicted molar refractivity (Wildman–Crippen MR) is 56.2 cm³/mol. The van der Waals surface area contributed by atoms with Crippen LogP contribution in [0.4, 0.5) is 11.4 Å². The number of hydrogen-bond donors (Lipinski definition) is 1. The number of nitrogen functional groups attached to an aromatic ring is 1. The summed E-state index contributed by atoms with van der Waals surface area (Å²) in [6.07, 6.45) is 0. The van der Waals surface area contributed by atoms with Crippen LogP contribution >= 0.6 is 11.2 Å². The maximum Gasteiger partial charge on any atom is 0.0977 e. The van der Waals surface area contributed by atoms with Crippen LogP contribution in [0.2, 0.25) is 0 Å². The quantitative estimate of drug-likeness (QED) is 0.400. The third kappa shape index (κ3) is 2.09. The normalized spacial score (nSPS) is 11.2. The Balaban J connectivity index is 3.06. The summed E-state index contributed by atoms with van der Waals surface area (Å²) in [7, 11) is 0. The Morgan fingerprint density at radius 1 is 1.50 bits per heavy atom. The van der Waals surface area contributed by atoms with E-state index in [2.05, 4.69) is 4.99 Å². The molecule has 2 N–H and O–H groups in total. The van der Waals surface area contributed by atoms with E-state index in [-0.39, 0.29) is 0 Å². The van der Waals surface area contributed by atoms with Crippen molar-refractivity contribution in [1.82, 2.24) is 0 Å². The van der Waals surface area contributed by atoms with Crippen molar-refractivity contribution in [3.8, 4) is 5.69 Å². The maximum atomic E-state index is 5.67. The largest absolute Gasteiger partial charge is 0.397 e. The van der Waals surface area contributed by atoms with Crippen molar-refractivity contribution in [1.29, 1.82) is 0 Å². The van der Waals surface area contributed by atoms with E-state index in [1.807, 2.05) is 31.2 Å². The molecule has 0 fully saturated rings. The van der Waals surface area contributed by atoms with Gasteiger partial charge in [0, 0.05) is 0 Å². The molecule has 0 bridgehead atoms. The van der Waals surface area contributed by atoms with Gasteiger partial charge in [-0.2, -0.15) is 0 Å². The number of nitrogens with two attached hydrogens (primary N) is 1. The van der Waals surface area contributed by atoms with Crippen molar-refractivity contribution in [3.63, 3.8) is 0 Å². The van der Waals surface area contributed by atoms with Crippen LogP contribution in [0.5, 0.6) is 0 Å². The van der Waals surface area contributed by atoms with Crippen LogP contribution in [0.25, 0.3) is 0 Å². The number of nitrogens with zero attached hydrogens (tertiary/aromatic N) is 1. The van der Waals surface area contributed by atoms with Crippen LogP contribution in [0.3, 0.4) is 0 Å². The van der Waals surface area contributed by atoms with Crippen LogP contribution in [0, 0.1) is 5.69 Å². The summed E-state index contributed by atoms with van der Waals surface area (Å²) >= 11 is 1.12. The smallest absolute Gasteiger partial charge is 0.0977 e. The number of hydrogen-bond acceptors (Lipinski definition) is 2. The fourth-order valence-electron chi connectivity index (χ4n) is 0.785. The highest BCUT2D eigenvalue weighted by Crippen LogP contribution is 2.21. The van der Waals surface area contributed by atoms with Gasteiger partial charge in [-0.3, -0.25) is 0 Å². The first-order valence-electron chi connectivity index (χ1n) is 3.50. The van der Waals surface area contributed by atoms with Crippen molar-refractivity contribution in [3.05, 3.63) is 24.3 Å². The highest BCUT2D eigenvalue weighted by Gasteiger charge is 1.93. The van der Waals surface area contributed by atoms with Gasteiger partial charge in [-0.25, -0.2) is 4.99 Å². The molecule has 3 heteroatoms. The zero-order chi connectivity index (χ0) is 8.97. The number of benzene rings is 1. The zero-order valence-electron chi connectivity index (χ0n) is 6.82. The van der Waals surface area contributed by atoms with Crippen molar-refractivity contribution in [2.24, 2.45) is 4.99 Å². The maximum absolute atomic E-state index is 5.67. The average Bonchev–Trinajstić information content (AvgIpc) is 2.09. The SMILES string of the molecule is C#SC(C)=Nc1ccccc1N. The standard InChI is InChI=1S/C9H10N2S/c1-7(12-2)11-9-6-4-3-5-8(9)10/h2-6H,10H2,1H3. The minimum atomic E-state index is 0.672. The lowest BCUT2D eigenvalue weighted by Gasteiger charge is -1.97. The van der Waals surface area contributed by atoms with E-state index < -0.39 is 0 Å². The highest BCUT2D eigenvalue weighted by molar-refractivity contribution is 8.03. The van der Waals surface area contributed by atoms with Crippen LogP contribution in [0.15, 0.2) is 29.3 Å². The first kappa shape index (κ1) is 8.78. The van der Waals surface area contributed by atoms with E-state index in [9.17, 15) is 0 Å². The number of anilines is 1. The van der Waals surface area contributed by atoms with Crippen LogP contribution in [-0.4, -0.2) is 5.04 Å². The highest BCUT2D eigenvalue weighted by atomic mass is 32.1. The van der Waals surface area contributed by atoms with Gasteiger partial charge in [-0.1, -0.05) is 23.3 Å². The molecule has 2 nitrogen and oxygen atoms in total. The average molecular weight is 178 g/mol. The van der Waals surface area contributed by atoms with Gasteiger partial charge in [0.1, 0.15) is 0 Å². The molecule has 0 radical (unpaired) electrons. The van der Waals surface area contributed by atoms with Crippen molar-refractivity contribution in [2.45, 2.75) is 6.92 Å². The lowest BCUT2D eigenvalue weighted by molar-refractivity contribution is 1.52. The fraction of sp³-hybridized carbons (Fsp3) is 0.111. The fourth-order valence-corrected chi connectivity index (χ4v) is 0.936. The predicted octanol–water partition coefficient (Wildman–Crippen LogP) is 2.64. The molecule has 12 heavy (non-hydrogen) atoms. The van der Waals surface area contributed by atoms with Gasteiger partial charge in [0.2, 0.25) is 0 Å². The molecule has 0 atom stereocenters. The summed E-state index contributed by atoms with van der Waals surface area (Å²) in [5, 5.41) is 0.799. The zero-order valence-corrected chi connectivity index (χ0v) is 7.64. The number of aliphatic imine (C=N–C) groups is 1. The lowest BCUT2D eigenvalue weighted by atomic mass is 10.3. The molecule has 1 aromatic carbocycles. The first-order valence-corrected chi connectivity index (χ1v) is 4.38. The second-order valence-electron chi connectivity index (χ2n) is 2.31. The molecule has 0 unspecified atom stereocenters. The minimum Gasteiger partial charge on any atom is -0.397 e. The number of rotatable bonds is 1. The molecule has 0 aliphatic rings. The molecule has 1 aromatic rings. The third-order valence-corrected chi connectivity index (χ3v) is 1.82. The van der Waals surface area contributed by atoms with Gasteiger partial charge in [0.25, 0.3) is 0 Å². The molecular formula is C9H10N2S. The van der Waals surface area contributed by atoms with Gasteiger partial charge in [0.05, 0.1) is 16.4 Å². The topological polar surface area (TPSA) is 38.4 Å². The summed E-state index contributed by atoms with van der Waals surface area (Å²) in [6.45, 7) is 1.84. The van der Waals surface area contributed by atoms with Crippen molar-refractivity contribution >= 4 is 27.6 Å². The molecule has 0 saturated carbocycles. The van der Waals surface area contributed by atoms with E-state index in [1.54, 1.807) is 0 Å². The Bertz CT molecular complexity index is 350. The van der Waals surface area contributed by atoms with E-state index in [0.29, 0.717) is 5.69 Å². The molecule has 0 saturated heterocycles. The molecule has 0 aliphatic heterocycles. The molecule has 0 amide bonds. The van der Waals surface area contributed by atoms with Gasteiger partial charge in [-0.15, -0.1) is 5.69 Å². The van der Waals surface area contributed by atoms with Gasteiger partial charge in [-0.05, 0) is 19.1 Å². The van der Waals surface area contributed by atoms with Gasteiger partial charge in [0.15, 0.2) is 0 Å². The third-order valence-electron chi connectivity index (χ3n) is 1.39. The summed E-state index contributed by atoms with van der Waals surface area (Å²) in [4.78, 5) is 4.21. The Hall–Kier alpha value is -1.31. The summed E-state index contributed by atoms with van der Waals surface area (Å²) in [6, 6.07) is 7.44. The van der Waals surface area contributed by atoms with Crippen LogP contribution < -0.4 is 5.73 Å². The summed E-state index contributed by atoms with van der Waals surface area (Å²) in [5.74, 6) is 0.